The number of fused-ring (bicyclic) bond motifs is 1. The third-order valence-corrected chi connectivity index (χ3v) is 5.06. The molecule has 5 aromatic rings. The molecule has 0 fully saturated rings. The minimum atomic E-state index is -0.677. The lowest BCUT2D eigenvalue weighted by atomic mass is 10.1. The second-order valence-corrected chi connectivity index (χ2v) is 7.32. The van der Waals surface area contributed by atoms with Crippen LogP contribution in [0.2, 0.25) is 0 Å². The zero-order valence-corrected chi connectivity index (χ0v) is 17.8. The number of hydrogen-bond donors (Lipinski definition) is 2. The van der Waals surface area contributed by atoms with Gasteiger partial charge >= 0.3 is 0 Å². The van der Waals surface area contributed by atoms with Crippen molar-refractivity contribution in [2.75, 3.05) is 5.32 Å². The first-order chi connectivity index (χ1) is 17.0. The molecule has 2 N–H and O–H groups in total. The second kappa shape index (κ2) is 8.98. The Balaban J connectivity index is 1.32. The van der Waals surface area contributed by atoms with E-state index in [4.69, 9.17) is 4.74 Å². The molecule has 3 heterocycles. The zero-order chi connectivity index (χ0) is 24.4. The first kappa shape index (κ1) is 21.6. The molecule has 172 valence electrons. The number of ether oxygens (including phenoxy) is 1. The van der Waals surface area contributed by atoms with Crippen molar-refractivity contribution in [2.45, 2.75) is 0 Å². The topological polar surface area (TPSA) is 136 Å². The van der Waals surface area contributed by atoms with E-state index in [9.17, 15) is 19.3 Å². The molecule has 0 spiro atoms. The van der Waals surface area contributed by atoms with Crippen molar-refractivity contribution in [1.82, 2.24) is 19.9 Å². The molecule has 0 saturated heterocycles. The minimum absolute atomic E-state index is 0.0203. The van der Waals surface area contributed by atoms with Crippen LogP contribution in [-0.4, -0.2) is 30.8 Å². The van der Waals surface area contributed by atoms with Gasteiger partial charge in [-0.05, 0) is 42.5 Å². The predicted octanol–water partition coefficient (Wildman–Crippen LogP) is 5.11. The molecule has 0 atom stereocenters. The molecular weight excluding hydrogens is 455 g/mol. The molecule has 0 unspecified atom stereocenters. The van der Waals surface area contributed by atoms with Crippen LogP contribution in [0.4, 0.5) is 15.8 Å². The lowest BCUT2D eigenvalue weighted by molar-refractivity contribution is -0.384. The predicted molar refractivity (Wildman–Crippen MR) is 125 cm³/mol. The summed E-state index contributed by atoms with van der Waals surface area (Å²) >= 11 is 0. The number of nitro benzene ring substituents is 1. The van der Waals surface area contributed by atoms with Crippen molar-refractivity contribution < 1.29 is 18.8 Å². The monoisotopic (exact) mass is 470 g/mol. The second-order valence-electron chi connectivity index (χ2n) is 7.32. The maximum absolute atomic E-state index is 14.7. The van der Waals surface area contributed by atoms with Crippen LogP contribution in [0, 0.1) is 15.9 Å². The lowest BCUT2D eigenvalue weighted by Crippen LogP contribution is -2.16. The number of nitrogens with zero attached hydrogens (tertiary/aromatic N) is 4. The molecule has 0 aliphatic rings. The van der Waals surface area contributed by atoms with Gasteiger partial charge < -0.3 is 15.0 Å². The van der Waals surface area contributed by atoms with Gasteiger partial charge in [0.15, 0.2) is 11.6 Å². The maximum Gasteiger partial charge on any atom is 0.293 e. The summed E-state index contributed by atoms with van der Waals surface area (Å²) in [5.74, 6) is -1.06. The van der Waals surface area contributed by atoms with Crippen LogP contribution in [0.1, 0.15) is 10.6 Å². The van der Waals surface area contributed by atoms with Gasteiger partial charge in [-0.15, -0.1) is 0 Å². The third-order valence-electron chi connectivity index (χ3n) is 5.06. The number of anilines is 1. The summed E-state index contributed by atoms with van der Waals surface area (Å²) in [6, 6.07) is 14.7. The van der Waals surface area contributed by atoms with Gasteiger partial charge in [0.1, 0.15) is 11.4 Å². The van der Waals surface area contributed by atoms with Crippen LogP contribution in [0.25, 0.3) is 22.3 Å². The van der Waals surface area contributed by atoms with Gasteiger partial charge in [-0.25, -0.2) is 19.3 Å². The molecule has 0 radical (unpaired) electrons. The van der Waals surface area contributed by atoms with Crippen molar-refractivity contribution in [3.63, 3.8) is 0 Å². The fourth-order valence-corrected chi connectivity index (χ4v) is 3.37. The Kier molecular flexibility index (Phi) is 5.55. The number of pyridine rings is 1. The standard InChI is InChI=1S/C24H15FN6O4/c25-18-13-15(3-6-21(18)35-20-9-12-27-22-17(20)7-10-26-22)29-24(32)23-28-11-8-19(30-23)14-1-4-16(5-2-14)31(33)34/h1-13H,(H,26,27)(H,29,32). The number of amides is 1. The largest absolute Gasteiger partial charge is 0.453 e. The van der Waals surface area contributed by atoms with Crippen LogP contribution in [-0.2, 0) is 0 Å². The number of benzene rings is 2. The number of rotatable bonds is 6. The molecule has 3 aromatic heterocycles. The number of aromatic nitrogens is 4. The highest BCUT2D eigenvalue weighted by Crippen LogP contribution is 2.31. The normalized spacial score (nSPS) is 10.8. The summed E-state index contributed by atoms with van der Waals surface area (Å²) in [4.78, 5) is 38.3. The Bertz CT molecular complexity index is 1570. The van der Waals surface area contributed by atoms with Gasteiger partial charge in [0.25, 0.3) is 11.6 Å². The fraction of sp³-hybridized carbons (Fsp3) is 0. The lowest BCUT2D eigenvalue weighted by Gasteiger charge is -2.10. The van der Waals surface area contributed by atoms with E-state index in [1.54, 1.807) is 30.6 Å². The van der Waals surface area contributed by atoms with Crippen molar-refractivity contribution >= 4 is 28.3 Å². The molecule has 2 aromatic carbocycles. The highest BCUT2D eigenvalue weighted by molar-refractivity contribution is 6.01. The summed E-state index contributed by atoms with van der Waals surface area (Å²) in [6.45, 7) is 0. The minimum Gasteiger partial charge on any atom is -0.453 e. The molecule has 0 saturated carbocycles. The molecular formula is C24H15FN6O4. The number of carbonyl (C=O) groups excluding carboxylic acids is 1. The first-order valence-electron chi connectivity index (χ1n) is 10.3. The maximum atomic E-state index is 14.7. The van der Waals surface area contributed by atoms with Gasteiger partial charge in [0, 0.05) is 48.0 Å². The summed E-state index contributed by atoms with van der Waals surface area (Å²) in [6.07, 6.45) is 4.65. The highest BCUT2D eigenvalue weighted by Gasteiger charge is 2.15. The number of carbonyl (C=O) groups is 1. The van der Waals surface area contributed by atoms with E-state index < -0.39 is 16.6 Å². The van der Waals surface area contributed by atoms with Gasteiger partial charge in [-0.1, -0.05) is 0 Å². The fourth-order valence-electron chi connectivity index (χ4n) is 3.37. The Morgan fingerprint density at radius 1 is 1.00 bits per heavy atom. The number of hydrogen-bond acceptors (Lipinski definition) is 7. The van der Waals surface area contributed by atoms with E-state index in [-0.39, 0.29) is 22.9 Å². The summed E-state index contributed by atoms with van der Waals surface area (Å²) in [7, 11) is 0. The van der Waals surface area contributed by atoms with Gasteiger partial charge in [0.2, 0.25) is 5.82 Å². The van der Waals surface area contributed by atoms with E-state index >= 15 is 0 Å². The summed E-state index contributed by atoms with van der Waals surface area (Å²) in [5.41, 5.74) is 1.72. The molecule has 5 rings (SSSR count). The molecule has 11 heteroatoms. The first-order valence-corrected chi connectivity index (χ1v) is 10.3. The molecule has 0 aliphatic heterocycles. The molecule has 35 heavy (non-hydrogen) atoms. The van der Waals surface area contributed by atoms with E-state index in [1.807, 2.05) is 0 Å². The Morgan fingerprint density at radius 2 is 1.80 bits per heavy atom. The van der Waals surface area contributed by atoms with E-state index in [0.717, 1.165) is 6.07 Å². The molecule has 10 nitrogen and oxygen atoms in total. The average Bonchev–Trinajstić information content (AvgIpc) is 3.36. The van der Waals surface area contributed by atoms with E-state index in [1.165, 1.54) is 42.6 Å². The molecule has 0 aliphatic carbocycles. The highest BCUT2D eigenvalue weighted by atomic mass is 19.1. The van der Waals surface area contributed by atoms with Crippen LogP contribution >= 0.6 is 0 Å². The SMILES string of the molecule is O=C(Nc1ccc(Oc2ccnc3[nH]ccc23)c(F)c1)c1nccc(-c2ccc([N+](=O)[O-])cc2)n1. The average molecular weight is 470 g/mol. The van der Waals surface area contributed by atoms with Crippen LogP contribution in [0.5, 0.6) is 11.5 Å². The van der Waals surface area contributed by atoms with Gasteiger partial charge in [-0.2, -0.15) is 0 Å². The Hall–Kier alpha value is -5.19. The van der Waals surface area contributed by atoms with Crippen LogP contribution in [0.3, 0.4) is 0 Å². The number of nitro groups is 1. The summed E-state index contributed by atoms with van der Waals surface area (Å²) in [5, 5.41) is 14.1. The smallest absolute Gasteiger partial charge is 0.293 e. The van der Waals surface area contributed by atoms with Crippen LogP contribution in [0.15, 0.2) is 79.3 Å². The zero-order valence-electron chi connectivity index (χ0n) is 17.8. The number of non-ortho nitro benzene ring substituents is 1. The quantitative estimate of drug-likeness (QED) is 0.260. The van der Waals surface area contributed by atoms with Crippen molar-refractivity contribution in [2.24, 2.45) is 0 Å². The summed E-state index contributed by atoms with van der Waals surface area (Å²) < 4.78 is 20.4. The number of H-pyrrole nitrogens is 1. The van der Waals surface area contributed by atoms with Crippen LogP contribution < -0.4 is 10.1 Å². The Labute approximate surface area is 196 Å². The molecule has 0 bridgehead atoms. The van der Waals surface area contributed by atoms with Gasteiger partial charge in [-0.3, -0.25) is 14.9 Å². The number of aromatic amines is 1. The van der Waals surface area contributed by atoms with Crippen molar-refractivity contribution in [3.05, 3.63) is 101 Å². The number of halogens is 1. The molecule has 1 amide bonds. The van der Waals surface area contributed by atoms with Gasteiger partial charge in [0.05, 0.1) is 16.0 Å². The van der Waals surface area contributed by atoms with E-state index in [0.29, 0.717) is 28.0 Å². The van der Waals surface area contributed by atoms with E-state index in [2.05, 4.69) is 25.3 Å². The van der Waals surface area contributed by atoms with Crippen molar-refractivity contribution in [1.29, 1.82) is 0 Å². The van der Waals surface area contributed by atoms with Crippen molar-refractivity contribution in [3.8, 4) is 22.8 Å². The number of nitrogens with one attached hydrogen (secondary N) is 2. The Morgan fingerprint density at radius 3 is 2.57 bits per heavy atom. The third kappa shape index (κ3) is 4.50.